The van der Waals surface area contributed by atoms with Crippen LogP contribution in [0.5, 0.6) is 17.2 Å². The van der Waals surface area contributed by atoms with Crippen molar-refractivity contribution in [1.82, 2.24) is 4.98 Å². The van der Waals surface area contributed by atoms with Gasteiger partial charge >= 0.3 is 0 Å². The first-order chi connectivity index (χ1) is 15.6. The van der Waals surface area contributed by atoms with Crippen LogP contribution < -0.4 is 19.5 Å². The predicted octanol–water partition coefficient (Wildman–Crippen LogP) is 5.24. The summed E-state index contributed by atoms with van der Waals surface area (Å²) in [7, 11) is 3.11. The molecule has 1 amide bonds. The summed E-state index contributed by atoms with van der Waals surface area (Å²) in [6.45, 7) is 1.88. The zero-order valence-corrected chi connectivity index (χ0v) is 18.2. The maximum absolute atomic E-state index is 12.6. The van der Waals surface area contributed by atoms with Crippen LogP contribution in [-0.4, -0.2) is 31.7 Å². The number of fused-ring (bicyclic) bond motifs is 1. The molecular weight excluding hydrogens is 404 g/mol. The number of para-hydroxylation sites is 1. The van der Waals surface area contributed by atoms with Gasteiger partial charge in [0.15, 0.2) is 6.61 Å². The number of ether oxygens (including phenoxy) is 3. The molecule has 0 aliphatic rings. The van der Waals surface area contributed by atoms with Crippen molar-refractivity contribution < 1.29 is 19.0 Å². The van der Waals surface area contributed by atoms with Gasteiger partial charge in [-0.3, -0.25) is 4.79 Å². The lowest BCUT2D eigenvalue weighted by molar-refractivity contribution is -0.118. The van der Waals surface area contributed by atoms with Crippen LogP contribution in [0.25, 0.3) is 22.2 Å². The number of carbonyl (C=O) groups excluding carboxylic acids is 1. The van der Waals surface area contributed by atoms with Crippen molar-refractivity contribution in [1.29, 1.82) is 0 Å². The second kappa shape index (κ2) is 9.39. The molecule has 162 valence electrons. The molecular formula is C26H24N2O4. The highest BCUT2D eigenvalue weighted by Crippen LogP contribution is 2.31. The lowest BCUT2D eigenvalue weighted by atomic mass is 10.1. The van der Waals surface area contributed by atoms with Gasteiger partial charge in [0.2, 0.25) is 0 Å². The van der Waals surface area contributed by atoms with Gasteiger partial charge in [-0.25, -0.2) is 4.98 Å². The van der Waals surface area contributed by atoms with E-state index in [0.29, 0.717) is 22.9 Å². The van der Waals surface area contributed by atoms with E-state index in [1.54, 1.807) is 32.4 Å². The van der Waals surface area contributed by atoms with E-state index in [1.165, 1.54) is 5.56 Å². The van der Waals surface area contributed by atoms with Gasteiger partial charge in [-0.05, 0) is 31.2 Å². The lowest BCUT2D eigenvalue weighted by Crippen LogP contribution is -2.20. The minimum atomic E-state index is -0.311. The van der Waals surface area contributed by atoms with Gasteiger partial charge in [0.05, 0.1) is 31.1 Å². The van der Waals surface area contributed by atoms with Crippen LogP contribution >= 0.6 is 0 Å². The Morgan fingerprint density at radius 3 is 2.44 bits per heavy atom. The summed E-state index contributed by atoms with van der Waals surface area (Å²) in [4.78, 5) is 17.4. The molecule has 0 radical (unpaired) electrons. The van der Waals surface area contributed by atoms with Crippen molar-refractivity contribution in [2.75, 3.05) is 26.1 Å². The summed E-state index contributed by atoms with van der Waals surface area (Å²) in [5, 5.41) is 3.67. The number of nitrogens with one attached hydrogen (secondary N) is 1. The minimum absolute atomic E-state index is 0.165. The van der Waals surface area contributed by atoms with E-state index in [9.17, 15) is 4.79 Å². The molecule has 32 heavy (non-hydrogen) atoms. The first-order valence-electron chi connectivity index (χ1n) is 10.2. The van der Waals surface area contributed by atoms with E-state index in [4.69, 9.17) is 19.2 Å². The number of methoxy groups -OCH3 is 2. The molecule has 0 spiro atoms. The molecule has 0 saturated heterocycles. The smallest absolute Gasteiger partial charge is 0.262 e. The molecule has 1 N–H and O–H groups in total. The molecule has 0 saturated carbocycles. The van der Waals surface area contributed by atoms with E-state index in [2.05, 4.69) is 5.32 Å². The number of nitrogens with zero attached hydrogens (tertiary/aromatic N) is 1. The van der Waals surface area contributed by atoms with Gasteiger partial charge in [0.25, 0.3) is 5.91 Å². The molecule has 3 aromatic carbocycles. The normalized spacial score (nSPS) is 10.6. The Morgan fingerprint density at radius 2 is 1.69 bits per heavy atom. The van der Waals surface area contributed by atoms with Crippen LogP contribution in [0.1, 0.15) is 5.56 Å². The largest absolute Gasteiger partial charge is 0.497 e. The Hall–Kier alpha value is -4.06. The molecule has 0 fully saturated rings. The number of amides is 1. The fourth-order valence-corrected chi connectivity index (χ4v) is 3.38. The number of anilines is 1. The minimum Gasteiger partial charge on any atom is -0.497 e. The Morgan fingerprint density at radius 1 is 0.906 bits per heavy atom. The average Bonchev–Trinajstić information content (AvgIpc) is 2.82. The van der Waals surface area contributed by atoms with Gasteiger partial charge in [-0.1, -0.05) is 42.0 Å². The van der Waals surface area contributed by atoms with Crippen LogP contribution in [0.15, 0.2) is 72.8 Å². The summed E-state index contributed by atoms with van der Waals surface area (Å²) in [6.07, 6.45) is 0. The zero-order chi connectivity index (χ0) is 22.5. The first kappa shape index (κ1) is 21.2. The Labute approximate surface area is 186 Å². The Bertz CT molecular complexity index is 1250. The molecule has 4 rings (SSSR count). The molecule has 1 heterocycles. The fourth-order valence-electron chi connectivity index (χ4n) is 3.38. The van der Waals surface area contributed by atoms with E-state index in [1.807, 2.05) is 61.5 Å². The molecule has 0 bridgehead atoms. The highest BCUT2D eigenvalue weighted by atomic mass is 16.5. The van der Waals surface area contributed by atoms with Gasteiger partial charge in [0, 0.05) is 23.1 Å². The molecule has 0 unspecified atom stereocenters. The average molecular weight is 428 g/mol. The van der Waals surface area contributed by atoms with E-state index < -0.39 is 0 Å². The molecule has 1 aromatic heterocycles. The number of benzene rings is 3. The van der Waals surface area contributed by atoms with Gasteiger partial charge in [-0.2, -0.15) is 0 Å². The van der Waals surface area contributed by atoms with Crippen LogP contribution in [0.3, 0.4) is 0 Å². The SMILES string of the molecule is COc1ccc(OC)c(NC(=O)COc2cc(-c3ccc(C)cc3)nc3ccccc23)c1. The van der Waals surface area contributed by atoms with Gasteiger partial charge in [0.1, 0.15) is 17.2 Å². The van der Waals surface area contributed by atoms with Crippen molar-refractivity contribution in [2.45, 2.75) is 6.92 Å². The summed E-state index contributed by atoms with van der Waals surface area (Å²) in [5.41, 5.74) is 4.26. The monoisotopic (exact) mass is 428 g/mol. The molecule has 0 aliphatic carbocycles. The molecule has 4 aromatic rings. The van der Waals surface area contributed by atoms with Gasteiger partial charge < -0.3 is 19.5 Å². The van der Waals surface area contributed by atoms with Gasteiger partial charge in [-0.15, -0.1) is 0 Å². The Balaban J connectivity index is 1.57. The zero-order valence-electron chi connectivity index (χ0n) is 18.2. The summed E-state index contributed by atoms with van der Waals surface area (Å²) in [5.74, 6) is 1.44. The summed E-state index contributed by atoms with van der Waals surface area (Å²) in [6, 6.07) is 22.9. The number of carbonyl (C=O) groups is 1. The molecule has 6 heteroatoms. The van der Waals surface area contributed by atoms with Crippen molar-refractivity contribution in [3.63, 3.8) is 0 Å². The van der Waals surface area contributed by atoms with Crippen LogP contribution in [0.2, 0.25) is 0 Å². The third kappa shape index (κ3) is 4.64. The Kier molecular flexibility index (Phi) is 6.22. The number of aryl methyl sites for hydroxylation is 1. The summed E-state index contributed by atoms with van der Waals surface area (Å²) >= 11 is 0. The number of hydrogen-bond acceptors (Lipinski definition) is 5. The maximum atomic E-state index is 12.6. The highest BCUT2D eigenvalue weighted by molar-refractivity contribution is 5.94. The second-order valence-corrected chi connectivity index (χ2v) is 7.29. The predicted molar refractivity (Wildman–Crippen MR) is 126 cm³/mol. The lowest BCUT2D eigenvalue weighted by Gasteiger charge is -2.14. The number of hydrogen-bond donors (Lipinski definition) is 1. The third-order valence-corrected chi connectivity index (χ3v) is 5.07. The third-order valence-electron chi connectivity index (χ3n) is 5.07. The number of aromatic nitrogens is 1. The maximum Gasteiger partial charge on any atom is 0.262 e. The van der Waals surface area contributed by atoms with E-state index >= 15 is 0 Å². The number of pyridine rings is 1. The van der Waals surface area contributed by atoms with Crippen LogP contribution in [0.4, 0.5) is 5.69 Å². The fraction of sp³-hybridized carbons (Fsp3) is 0.154. The molecule has 6 nitrogen and oxygen atoms in total. The standard InChI is InChI=1S/C26H24N2O4/c1-17-8-10-18(11-9-17)22-15-25(20-6-4-5-7-21(20)27-22)32-16-26(29)28-23-14-19(30-2)12-13-24(23)31-3/h4-15H,16H2,1-3H3,(H,28,29). The van der Waals surface area contributed by atoms with Crippen molar-refractivity contribution in [3.05, 3.63) is 78.4 Å². The number of rotatable bonds is 7. The van der Waals surface area contributed by atoms with E-state index in [-0.39, 0.29) is 12.5 Å². The highest BCUT2D eigenvalue weighted by Gasteiger charge is 2.13. The van der Waals surface area contributed by atoms with E-state index in [0.717, 1.165) is 22.2 Å². The molecule has 0 atom stereocenters. The van der Waals surface area contributed by atoms with Crippen molar-refractivity contribution >= 4 is 22.5 Å². The van der Waals surface area contributed by atoms with Crippen LogP contribution in [-0.2, 0) is 4.79 Å². The second-order valence-electron chi connectivity index (χ2n) is 7.29. The topological polar surface area (TPSA) is 69.7 Å². The van der Waals surface area contributed by atoms with Crippen molar-refractivity contribution in [3.8, 4) is 28.5 Å². The van der Waals surface area contributed by atoms with Crippen molar-refractivity contribution in [2.24, 2.45) is 0 Å². The summed E-state index contributed by atoms with van der Waals surface area (Å²) < 4.78 is 16.5. The first-order valence-corrected chi connectivity index (χ1v) is 10.2. The quantitative estimate of drug-likeness (QED) is 0.436. The van der Waals surface area contributed by atoms with Crippen LogP contribution in [0, 0.1) is 6.92 Å². The molecule has 0 aliphatic heterocycles.